The maximum atomic E-state index is 12.3. The molecule has 0 saturated heterocycles. The van der Waals surface area contributed by atoms with Crippen molar-refractivity contribution in [3.8, 4) is 46.3 Å². The summed E-state index contributed by atoms with van der Waals surface area (Å²) in [4.78, 5) is 23.5. The molecule has 0 saturated carbocycles. The minimum Gasteiger partial charge on any atom is -0.492 e. The lowest BCUT2D eigenvalue weighted by atomic mass is 9.77. The molecule has 4 aromatic rings. The SMILES string of the molecule is CN(C)c1cc2c3c(c1)Oc1cc(N(C)CCCC(=O)On4c(O)ccc4O)cc4c1C3c1c(cc(N(C)C)cc1O4)O2. The van der Waals surface area contributed by atoms with E-state index in [4.69, 9.17) is 19.0 Å². The van der Waals surface area contributed by atoms with Crippen LogP contribution in [0.15, 0.2) is 48.5 Å². The Morgan fingerprint density at radius 3 is 1.51 bits per heavy atom. The summed E-state index contributed by atoms with van der Waals surface area (Å²) in [5, 5.41) is 19.4. The number of hydrogen-bond acceptors (Lipinski definition) is 10. The first kappa shape index (κ1) is 26.7. The Morgan fingerprint density at radius 1 is 0.721 bits per heavy atom. The fraction of sp³-hybridized carbons (Fsp3) is 0.281. The molecule has 0 amide bonds. The minimum atomic E-state index is -0.574. The van der Waals surface area contributed by atoms with E-state index < -0.39 is 5.97 Å². The number of hydrogen-bond donors (Lipinski definition) is 2. The molecule has 0 radical (unpaired) electrons. The Hall–Kier alpha value is -5.19. The van der Waals surface area contributed by atoms with E-state index in [0.29, 0.717) is 29.2 Å². The van der Waals surface area contributed by atoms with Crippen molar-refractivity contribution in [2.75, 3.05) is 56.5 Å². The van der Waals surface area contributed by atoms with E-state index in [2.05, 4.69) is 12.1 Å². The molecule has 3 aliphatic rings. The van der Waals surface area contributed by atoms with Gasteiger partial charge >= 0.3 is 5.97 Å². The molecule has 0 bridgehead atoms. The molecule has 4 heterocycles. The van der Waals surface area contributed by atoms with Crippen molar-refractivity contribution >= 4 is 23.0 Å². The summed E-state index contributed by atoms with van der Waals surface area (Å²) in [6.07, 6.45) is 0.560. The third kappa shape index (κ3) is 4.30. The van der Waals surface area contributed by atoms with Crippen LogP contribution >= 0.6 is 0 Å². The van der Waals surface area contributed by atoms with Crippen molar-refractivity contribution in [3.63, 3.8) is 0 Å². The van der Waals surface area contributed by atoms with Crippen molar-refractivity contribution < 1.29 is 34.1 Å². The summed E-state index contributed by atoms with van der Waals surface area (Å²) in [7, 11) is 9.90. The van der Waals surface area contributed by atoms with Gasteiger partial charge in [-0.1, -0.05) is 0 Å². The molecule has 0 atom stereocenters. The fourth-order valence-electron chi connectivity index (χ4n) is 5.88. The molecule has 11 nitrogen and oxygen atoms in total. The lowest BCUT2D eigenvalue weighted by molar-refractivity contribution is -0.145. The summed E-state index contributed by atoms with van der Waals surface area (Å²) in [5.41, 5.74) is 5.77. The predicted octanol–water partition coefficient (Wildman–Crippen LogP) is 5.40. The van der Waals surface area contributed by atoms with Gasteiger partial charge in [0.2, 0.25) is 11.8 Å². The molecule has 3 aliphatic heterocycles. The second-order valence-corrected chi connectivity index (χ2v) is 11.4. The fourth-order valence-corrected chi connectivity index (χ4v) is 5.88. The number of carbonyl (C=O) groups is 1. The monoisotopic (exact) mass is 584 g/mol. The first-order chi connectivity index (χ1) is 20.6. The van der Waals surface area contributed by atoms with Crippen molar-refractivity contribution in [3.05, 3.63) is 65.2 Å². The van der Waals surface area contributed by atoms with Gasteiger partial charge in [0.25, 0.3) is 0 Å². The summed E-state index contributed by atoms with van der Waals surface area (Å²) in [6.45, 7) is 0.533. The number of anilines is 3. The van der Waals surface area contributed by atoms with Gasteiger partial charge in [0.15, 0.2) is 0 Å². The molecule has 0 aliphatic carbocycles. The number of carbonyl (C=O) groups excluding carboxylic acids is 1. The standard InChI is InChI=1S/C32H32N4O7/c1-33(2)17-11-20-29-22(13-17)41-24-15-19(35(5)10-6-7-28(39)43-36-26(37)8-9-27(36)38)16-25-31(24)32(29)30-21(40-20)12-18(34(3)4)14-23(30)42-25/h8-9,11-16,32,37-38H,6-7,10H2,1-5H3. The Kier molecular flexibility index (Phi) is 6.01. The third-order valence-electron chi connectivity index (χ3n) is 8.13. The maximum absolute atomic E-state index is 12.3. The second-order valence-electron chi connectivity index (χ2n) is 11.4. The van der Waals surface area contributed by atoms with Crippen molar-refractivity contribution in [1.82, 2.24) is 4.73 Å². The minimum absolute atomic E-state index is 0.0845. The van der Waals surface area contributed by atoms with Gasteiger partial charge in [0, 0.05) is 114 Å². The predicted molar refractivity (Wildman–Crippen MR) is 161 cm³/mol. The molecule has 1 aromatic heterocycles. The van der Waals surface area contributed by atoms with Crippen LogP contribution in [0.25, 0.3) is 0 Å². The molecule has 0 unspecified atom stereocenters. The van der Waals surface area contributed by atoms with Crippen LogP contribution < -0.4 is 33.7 Å². The maximum Gasteiger partial charge on any atom is 0.333 e. The molecule has 43 heavy (non-hydrogen) atoms. The van der Waals surface area contributed by atoms with Crippen LogP contribution in [0.4, 0.5) is 17.1 Å². The Balaban J connectivity index is 1.21. The Bertz CT molecular complexity index is 1690. The number of aromatic nitrogens is 1. The normalized spacial score (nSPS) is 13.3. The first-order valence-electron chi connectivity index (χ1n) is 14.0. The average molecular weight is 585 g/mol. The average Bonchev–Trinajstić information content (AvgIpc) is 3.28. The highest BCUT2D eigenvalue weighted by Gasteiger charge is 2.44. The topological polar surface area (TPSA) is 109 Å². The molecule has 7 rings (SSSR count). The molecule has 222 valence electrons. The van der Waals surface area contributed by atoms with Crippen molar-refractivity contribution in [2.24, 2.45) is 0 Å². The first-order valence-corrected chi connectivity index (χ1v) is 14.0. The van der Waals surface area contributed by atoms with E-state index in [0.717, 1.165) is 56.8 Å². The van der Waals surface area contributed by atoms with Crippen molar-refractivity contribution in [1.29, 1.82) is 0 Å². The molecular formula is C32H32N4O7. The van der Waals surface area contributed by atoms with Crippen molar-refractivity contribution in [2.45, 2.75) is 18.8 Å². The van der Waals surface area contributed by atoms with Crippen LogP contribution in [0.1, 0.15) is 35.4 Å². The van der Waals surface area contributed by atoms with Gasteiger partial charge in [-0.3, -0.25) is 0 Å². The van der Waals surface area contributed by atoms with Gasteiger partial charge < -0.3 is 44.0 Å². The zero-order valence-corrected chi connectivity index (χ0v) is 24.5. The van der Waals surface area contributed by atoms with Gasteiger partial charge in [-0.25, -0.2) is 4.79 Å². The zero-order chi connectivity index (χ0) is 30.2. The largest absolute Gasteiger partial charge is 0.492 e. The molecule has 3 aromatic carbocycles. The number of rotatable bonds is 8. The van der Waals surface area contributed by atoms with Crippen LogP contribution in [-0.4, -0.2) is 62.7 Å². The smallest absolute Gasteiger partial charge is 0.333 e. The van der Waals surface area contributed by atoms with Crippen LogP contribution in [0, 0.1) is 0 Å². The number of ether oxygens (including phenoxy) is 3. The summed E-state index contributed by atoms with van der Waals surface area (Å²) in [5.74, 6) is 3.09. The van der Waals surface area contributed by atoms with E-state index in [1.54, 1.807) is 0 Å². The highest BCUT2D eigenvalue weighted by Crippen LogP contribution is 2.64. The lowest BCUT2D eigenvalue weighted by Crippen LogP contribution is -2.25. The quantitative estimate of drug-likeness (QED) is 0.241. The van der Waals surface area contributed by atoms with Gasteiger partial charge in [0.05, 0.1) is 22.6 Å². The van der Waals surface area contributed by atoms with Gasteiger partial charge in [-0.2, -0.15) is 0 Å². The highest BCUT2D eigenvalue weighted by atomic mass is 16.7. The Labute approximate surface area is 248 Å². The summed E-state index contributed by atoms with van der Waals surface area (Å²) < 4.78 is 20.4. The van der Waals surface area contributed by atoms with Gasteiger partial charge in [-0.05, 0) is 6.42 Å². The molecule has 2 N–H and O–H groups in total. The van der Waals surface area contributed by atoms with E-state index in [1.165, 1.54) is 12.1 Å². The summed E-state index contributed by atoms with van der Waals surface area (Å²) >= 11 is 0. The number of aromatic hydroxyl groups is 2. The van der Waals surface area contributed by atoms with E-state index >= 15 is 0 Å². The van der Waals surface area contributed by atoms with Crippen LogP contribution in [0.2, 0.25) is 0 Å². The van der Waals surface area contributed by atoms with E-state index in [-0.39, 0.29) is 24.1 Å². The van der Waals surface area contributed by atoms with Crippen LogP contribution in [-0.2, 0) is 4.79 Å². The van der Waals surface area contributed by atoms with Gasteiger partial charge in [0.1, 0.15) is 34.5 Å². The van der Waals surface area contributed by atoms with E-state index in [9.17, 15) is 15.0 Å². The van der Waals surface area contributed by atoms with Crippen LogP contribution in [0.5, 0.6) is 46.3 Å². The Morgan fingerprint density at radius 2 is 1.12 bits per heavy atom. The number of benzene rings is 3. The molecule has 11 heteroatoms. The van der Waals surface area contributed by atoms with Gasteiger partial charge in [-0.15, -0.1) is 4.73 Å². The third-order valence-corrected chi connectivity index (χ3v) is 8.13. The van der Waals surface area contributed by atoms with Crippen LogP contribution in [0.3, 0.4) is 0 Å². The lowest BCUT2D eigenvalue weighted by Gasteiger charge is -2.40. The number of nitrogens with zero attached hydrogens (tertiary/aromatic N) is 4. The molecule has 0 fully saturated rings. The summed E-state index contributed by atoms with van der Waals surface area (Å²) in [6, 6.07) is 14.7. The zero-order valence-electron chi connectivity index (χ0n) is 24.5. The molecular weight excluding hydrogens is 552 g/mol. The highest BCUT2D eigenvalue weighted by molar-refractivity contribution is 5.80. The second kappa shape index (κ2) is 9.69. The van der Waals surface area contributed by atoms with E-state index in [1.807, 2.05) is 74.2 Å². The molecule has 0 spiro atoms.